The van der Waals surface area contributed by atoms with E-state index in [2.05, 4.69) is 20.3 Å². The highest BCUT2D eigenvalue weighted by Gasteiger charge is 2.18. The van der Waals surface area contributed by atoms with Gasteiger partial charge in [-0.05, 0) is 33.1 Å². The lowest BCUT2D eigenvalue weighted by Gasteiger charge is -2.21. The molecule has 2 aromatic rings. The number of aryl methyl sites for hydroxylation is 2. The summed E-state index contributed by atoms with van der Waals surface area (Å²) in [5, 5.41) is 3.90. The molecule has 1 fully saturated rings. The van der Waals surface area contributed by atoms with Gasteiger partial charge in [0.05, 0.1) is 17.1 Å². The molecule has 1 atom stereocenters. The van der Waals surface area contributed by atoms with Crippen LogP contribution in [0.2, 0.25) is 0 Å². The lowest BCUT2D eigenvalue weighted by atomic mass is 10.1. The van der Waals surface area contributed by atoms with E-state index in [0.29, 0.717) is 13.0 Å². The predicted octanol–water partition coefficient (Wildman–Crippen LogP) is 2.65. The minimum absolute atomic E-state index is 0.0126. The van der Waals surface area contributed by atoms with Gasteiger partial charge < -0.3 is 10.1 Å². The summed E-state index contributed by atoms with van der Waals surface area (Å²) in [4.78, 5) is 26.2. The average Bonchev–Trinajstić information content (AvgIpc) is 2.91. The first-order valence-electron chi connectivity index (χ1n) is 8.24. The van der Waals surface area contributed by atoms with E-state index in [1.807, 2.05) is 13.8 Å². The van der Waals surface area contributed by atoms with Gasteiger partial charge in [0.25, 0.3) is 0 Å². The van der Waals surface area contributed by atoms with Gasteiger partial charge in [-0.2, -0.15) is 0 Å². The highest BCUT2D eigenvalue weighted by Crippen LogP contribution is 2.24. The number of hydrogen-bond acceptors (Lipinski definition) is 6. The van der Waals surface area contributed by atoms with Crippen molar-refractivity contribution < 1.29 is 9.53 Å². The van der Waals surface area contributed by atoms with Gasteiger partial charge in [0.1, 0.15) is 6.10 Å². The first kappa shape index (κ1) is 17.0. The first-order valence-corrected chi connectivity index (χ1v) is 9.05. The van der Waals surface area contributed by atoms with Crippen molar-refractivity contribution in [2.24, 2.45) is 0 Å². The average molecular weight is 346 g/mol. The second-order valence-corrected chi connectivity index (χ2v) is 7.29. The number of ether oxygens (including phenoxy) is 1. The number of carbonyl (C=O) groups is 1. The van der Waals surface area contributed by atoms with Crippen molar-refractivity contribution in [1.29, 1.82) is 0 Å². The fourth-order valence-corrected chi connectivity index (χ4v) is 3.65. The van der Waals surface area contributed by atoms with Gasteiger partial charge in [-0.1, -0.05) is 0 Å². The molecule has 1 unspecified atom stereocenters. The maximum Gasteiger partial charge on any atom is 0.225 e. The van der Waals surface area contributed by atoms with Crippen LogP contribution < -0.4 is 5.32 Å². The third kappa shape index (κ3) is 4.36. The third-order valence-corrected chi connectivity index (χ3v) is 5.08. The van der Waals surface area contributed by atoms with Crippen LogP contribution in [0.1, 0.15) is 52.3 Å². The van der Waals surface area contributed by atoms with E-state index in [-0.39, 0.29) is 12.0 Å². The molecule has 0 aromatic carbocycles. The van der Waals surface area contributed by atoms with Crippen LogP contribution >= 0.6 is 11.3 Å². The summed E-state index contributed by atoms with van der Waals surface area (Å²) in [6.07, 6.45) is 7.16. The van der Waals surface area contributed by atoms with Crippen molar-refractivity contribution in [3.63, 3.8) is 0 Å². The van der Waals surface area contributed by atoms with Crippen molar-refractivity contribution >= 4 is 17.2 Å². The van der Waals surface area contributed by atoms with E-state index in [0.717, 1.165) is 52.8 Å². The number of nitrogens with one attached hydrogen (secondary N) is 1. The zero-order valence-electron chi connectivity index (χ0n) is 14.0. The maximum atomic E-state index is 12.1. The molecule has 1 N–H and O–H groups in total. The van der Waals surface area contributed by atoms with Crippen LogP contribution in [-0.2, 0) is 22.5 Å². The van der Waals surface area contributed by atoms with Crippen molar-refractivity contribution in [2.45, 2.75) is 52.2 Å². The molecule has 0 bridgehead atoms. The summed E-state index contributed by atoms with van der Waals surface area (Å²) in [6, 6.07) is 0. The van der Waals surface area contributed by atoms with Gasteiger partial charge in [-0.3, -0.25) is 4.79 Å². The van der Waals surface area contributed by atoms with Crippen LogP contribution in [0.3, 0.4) is 0 Å². The number of thiazole rings is 1. The Bertz CT molecular complexity index is 693. The number of rotatable bonds is 5. The molecule has 24 heavy (non-hydrogen) atoms. The lowest BCUT2D eigenvalue weighted by molar-refractivity contribution is -0.120. The fourth-order valence-electron chi connectivity index (χ4n) is 2.71. The summed E-state index contributed by atoms with van der Waals surface area (Å²) < 4.78 is 5.68. The monoisotopic (exact) mass is 346 g/mol. The smallest absolute Gasteiger partial charge is 0.225 e. The molecule has 0 saturated carbocycles. The van der Waals surface area contributed by atoms with Crippen LogP contribution in [0.4, 0.5) is 0 Å². The van der Waals surface area contributed by atoms with E-state index in [1.54, 1.807) is 23.7 Å². The Labute approximate surface area is 145 Å². The zero-order chi connectivity index (χ0) is 16.9. The number of carbonyl (C=O) groups excluding carboxylic acids is 1. The van der Waals surface area contributed by atoms with Crippen LogP contribution in [0.25, 0.3) is 0 Å². The van der Waals surface area contributed by atoms with Crippen molar-refractivity contribution in [3.8, 4) is 0 Å². The largest absolute Gasteiger partial charge is 0.370 e. The van der Waals surface area contributed by atoms with Crippen LogP contribution in [-0.4, -0.2) is 27.5 Å². The van der Waals surface area contributed by atoms with Gasteiger partial charge in [0.2, 0.25) is 5.91 Å². The second kappa shape index (κ2) is 7.81. The van der Waals surface area contributed by atoms with Crippen LogP contribution in [0.5, 0.6) is 0 Å². The normalized spacial score (nSPS) is 17.7. The summed E-state index contributed by atoms with van der Waals surface area (Å²) in [7, 11) is 0. The summed E-state index contributed by atoms with van der Waals surface area (Å²) in [5.41, 5.74) is 1.83. The van der Waals surface area contributed by atoms with Crippen molar-refractivity contribution in [1.82, 2.24) is 20.3 Å². The Morgan fingerprint density at radius 3 is 2.75 bits per heavy atom. The molecule has 3 rings (SSSR count). The zero-order valence-corrected chi connectivity index (χ0v) is 14.9. The molecule has 1 aliphatic heterocycles. The standard InChI is InChI=1S/C17H22N4O2S/c1-11-15(24-12(2)21-11)7-16(22)18-8-13-9-19-17(20-10-13)14-5-3-4-6-23-14/h9-10,14H,3-8H2,1-2H3,(H,18,22). The molecule has 1 aliphatic rings. The van der Waals surface area contributed by atoms with Crippen LogP contribution in [0, 0.1) is 13.8 Å². The molecule has 0 spiro atoms. The molecular formula is C17H22N4O2S. The first-order chi connectivity index (χ1) is 11.6. The second-order valence-electron chi connectivity index (χ2n) is 6.00. The predicted molar refractivity (Wildman–Crippen MR) is 91.7 cm³/mol. The van der Waals surface area contributed by atoms with Gasteiger partial charge in [0, 0.05) is 36.0 Å². The van der Waals surface area contributed by atoms with Crippen LogP contribution in [0.15, 0.2) is 12.4 Å². The molecule has 128 valence electrons. The van der Waals surface area contributed by atoms with Gasteiger partial charge in [0.15, 0.2) is 5.82 Å². The molecule has 6 nitrogen and oxygen atoms in total. The van der Waals surface area contributed by atoms with Gasteiger partial charge >= 0.3 is 0 Å². The molecular weight excluding hydrogens is 324 g/mol. The minimum Gasteiger partial charge on any atom is -0.370 e. The molecule has 2 aromatic heterocycles. The molecule has 1 saturated heterocycles. The number of hydrogen-bond donors (Lipinski definition) is 1. The third-order valence-electron chi connectivity index (χ3n) is 4.00. The van der Waals surface area contributed by atoms with E-state index < -0.39 is 0 Å². The highest BCUT2D eigenvalue weighted by atomic mass is 32.1. The SMILES string of the molecule is Cc1nc(C)c(CC(=O)NCc2cnc(C3CCCCO3)nc2)s1. The van der Waals surface area contributed by atoms with E-state index in [1.165, 1.54) is 0 Å². The Balaban J connectivity index is 1.50. The summed E-state index contributed by atoms with van der Waals surface area (Å²) in [5.74, 6) is 0.724. The lowest BCUT2D eigenvalue weighted by Crippen LogP contribution is -2.24. The van der Waals surface area contributed by atoms with Crippen molar-refractivity contribution in [3.05, 3.63) is 39.4 Å². The van der Waals surface area contributed by atoms with Gasteiger partial charge in [-0.15, -0.1) is 11.3 Å². The van der Waals surface area contributed by atoms with E-state index in [9.17, 15) is 4.79 Å². The number of aromatic nitrogens is 3. The number of amides is 1. The molecule has 7 heteroatoms. The maximum absolute atomic E-state index is 12.1. The van der Waals surface area contributed by atoms with Gasteiger partial charge in [-0.25, -0.2) is 15.0 Å². The Hall–Kier alpha value is -1.86. The van der Waals surface area contributed by atoms with Crippen molar-refractivity contribution in [2.75, 3.05) is 6.61 Å². The topological polar surface area (TPSA) is 77.0 Å². The van der Waals surface area contributed by atoms with E-state index in [4.69, 9.17) is 4.74 Å². The number of nitrogens with zero attached hydrogens (tertiary/aromatic N) is 3. The quantitative estimate of drug-likeness (QED) is 0.900. The summed E-state index contributed by atoms with van der Waals surface area (Å²) in [6.45, 7) is 5.10. The summed E-state index contributed by atoms with van der Waals surface area (Å²) >= 11 is 1.57. The fraction of sp³-hybridized carbons (Fsp3) is 0.529. The highest BCUT2D eigenvalue weighted by molar-refractivity contribution is 7.11. The minimum atomic E-state index is -0.0126. The molecule has 3 heterocycles. The Morgan fingerprint density at radius 1 is 1.33 bits per heavy atom. The van der Waals surface area contributed by atoms with E-state index >= 15 is 0 Å². The molecule has 1 amide bonds. The Morgan fingerprint density at radius 2 is 2.12 bits per heavy atom. The Kier molecular flexibility index (Phi) is 5.52. The molecule has 0 radical (unpaired) electrons. The molecule has 0 aliphatic carbocycles.